The number of nitrogens with zero attached hydrogens (tertiary/aromatic N) is 2. The minimum atomic E-state index is -0.00875. The number of aliphatic hydroxyl groups excluding tert-OH is 1. The van der Waals surface area contributed by atoms with Crippen LogP contribution in [0, 0.1) is 0 Å². The van der Waals surface area contributed by atoms with Gasteiger partial charge in [-0.1, -0.05) is 5.16 Å². The average Bonchev–Trinajstić information content (AvgIpc) is 2.85. The van der Waals surface area contributed by atoms with Gasteiger partial charge in [-0.05, 0) is 12.1 Å². The molecule has 0 saturated carbocycles. The molecule has 80 valence electrons. The highest BCUT2D eigenvalue weighted by Gasteiger charge is 2.12. The third-order valence-electron chi connectivity index (χ3n) is 1.88. The van der Waals surface area contributed by atoms with Crippen molar-refractivity contribution in [1.29, 1.82) is 0 Å². The molecule has 3 N–H and O–H groups in total. The molecule has 0 bridgehead atoms. The Labute approximate surface area is 85.7 Å². The van der Waals surface area contributed by atoms with Crippen LogP contribution >= 0.6 is 0 Å². The zero-order chi connectivity index (χ0) is 10.7. The van der Waals surface area contributed by atoms with Gasteiger partial charge in [-0.2, -0.15) is 4.98 Å². The van der Waals surface area contributed by atoms with Crippen molar-refractivity contribution in [2.45, 2.75) is 13.0 Å². The van der Waals surface area contributed by atoms with Gasteiger partial charge < -0.3 is 19.8 Å². The monoisotopic (exact) mass is 209 g/mol. The SMILES string of the molecule is NCc1ccc(-c2nc(CCO)no2)o1. The van der Waals surface area contributed by atoms with Crippen molar-refractivity contribution in [3.8, 4) is 11.7 Å². The molecule has 0 spiro atoms. The van der Waals surface area contributed by atoms with Crippen LogP contribution in [0.3, 0.4) is 0 Å². The number of nitrogens with two attached hydrogens (primary N) is 1. The van der Waals surface area contributed by atoms with E-state index in [1.165, 1.54) is 0 Å². The van der Waals surface area contributed by atoms with E-state index in [-0.39, 0.29) is 6.61 Å². The van der Waals surface area contributed by atoms with E-state index in [0.29, 0.717) is 36.2 Å². The largest absolute Gasteiger partial charge is 0.455 e. The number of rotatable bonds is 4. The Morgan fingerprint density at radius 1 is 1.40 bits per heavy atom. The summed E-state index contributed by atoms with van der Waals surface area (Å²) in [6, 6.07) is 3.48. The predicted molar refractivity (Wildman–Crippen MR) is 50.7 cm³/mol. The van der Waals surface area contributed by atoms with Gasteiger partial charge in [-0.3, -0.25) is 0 Å². The van der Waals surface area contributed by atoms with Crippen molar-refractivity contribution >= 4 is 0 Å². The van der Waals surface area contributed by atoms with Gasteiger partial charge in [0.2, 0.25) is 0 Å². The summed E-state index contributed by atoms with van der Waals surface area (Å²) in [4.78, 5) is 4.05. The first-order chi connectivity index (χ1) is 7.33. The van der Waals surface area contributed by atoms with Crippen LogP contribution in [-0.4, -0.2) is 21.9 Å². The smallest absolute Gasteiger partial charge is 0.293 e. The summed E-state index contributed by atoms with van der Waals surface area (Å²) in [5.41, 5.74) is 5.40. The van der Waals surface area contributed by atoms with Gasteiger partial charge >= 0.3 is 0 Å². The molecule has 0 fully saturated rings. The molecule has 2 aromatic rings. The van der Waals surface area contributed by atoms with E-state index in [1.807, 2.05) is 0 Å². The van der Waals surface area contributed by atoms with E-state index in [4.69, 9.17) is 19.8 Å². The molecule has 2 heterocycles. The fraction of sp³-hybridized carbons (Fsp3) is 0.333. The zero-order valence-electron chi connectivity index (χ0n) is 8.01. The second-order valence-corrected chi connectivity index (χ2v) is 2.96. The molecule has 0 saturated heterocycles. The van der Waals surface area contributed by atoms with Gasteiger partial charge in [-0.15, -0.1) is 0 Å². The van der Waals surface area contributed by atoms with E-state index in [1.54, 1.807) is 12.1 Å². The van der Waals surface area contributed by atoms with Crippen LogP contribution in [0.5, 0.6) is 0 Å². The van der Waals surface area contributed by atoms with E-state index in [9.17, 15) is 0 Å². The lowest BCUT2D eigenvalue weighted by Crippen LogP contribution is -1.93. The van der Waals surface area contributed by atoms with Crippen molar-refractivity contribution in [1.82, 2.24) is 10.1 Å². The normalized spacial score (nSPS) is 10.8. The summed E-state index contributed by atoms with van der Waals surface area (Å²) in [6.07, 6.45) is 0.369. The van der Waals surface area contributed by atoms with Crippen LogP contribution in [0.1, 0.15) is 11.6 Å². The maximum atomic E-state index is 8.68. The Morgan fingerprint density at radius 2 is 2.27 bits per heavy atom. The molecule has 0 aliphatic rings. The number of hydrogen-bond donors (Lipinski definition) is 2. The van der Waals surface area contributed by atoms with Gasteiger partial charge in [0.15, 0.2) is 11.6 Å². The third-order valence-corrected chi connectivity index (χ3v) is 1.88. The van der Waals surface area contributed by atoms with Crippen molar-refractivity contribution < 1.29 is 14.0 Å². The van der Waals surface area contributed by atoms with E-state index >= 15 is 0 Å². The van der Waals surface area contributed by atoms with Crippen molar-refractivity contribution in [3.05, 3.63) is 23.7 Å². The average molecular weight is 209 g/mol. The summed E-state index contributed by atoms with van der Waals surface area (Å²) in [6.45, 7) is 0.322. The molecule has 6 nitrogen and oxygen atoms in total. The Hall–Kier alpha value is -1.66. The molecule has 0 aliphatic heterocycles. The quantitative estimate of drug-likeness (QED) is 0.752. The molecular weight excluding hydrogens is 198 g/mol. The Kier molecular flexibility index (Phi) is 2.79. The van der Waals surface area contributed by atoms with E-state index in [2.05, 4.69) is 10.1 Å². The molecular formula is C9H11N3O3. The molecule has 0 radical (unpaired) electrons. The first-order valence-corrected chi connectivity index (χ1v) is 4.56. The van der Waals surface area contributed by atoms with Crippen LogP contribution < -0.4 is 5.73 Å². The summed E-state index contributed by atoms with van der Waals surface area (Å²) in [5, 5.41) is 12.4. The predicted octanol–water partition coefficient (Wildman–Crippen LogP) is 0.323. The second kappa shape index (κ2) is 4.24. The van der Waals surface area contributed by atoms with Crippen molar-refractivity contribution in [2.24, 2.45) is 5.73 Å². The lowest BCUT2D eigenvalue weighted by atomic mass is 10.4. The highest BCUT2D eigenvalue weighted by Crippen LogP contribution is 2.19. The molecule has 0 amide bonds. The molecule has 2 rings (SSSR count). The topological polar surface area (TPSA) is 98.3 Å². The first-order valence-electron chi connectivity index (χ1n) is 4.56. The van der Waals surface area contributed by atoms with Crippen LogP contribution in [-0.2, 0) is 13.0 Å². The van der Waals surface area contributed by atoms with Crippen molar-refractivity contribution in [2.75, 3.05) is 6.61 Å². The Morgan fingerprint density at radius 3 is 2.93 bits per heavy atom. The Balaban J connectivity index is 2.21. The summed E-state index contributed by atoms with van der Waals surface area (Å²) < 4.78 is 10.3. The first kappa shape index (κ1) is 9.88. The maximum Gasteiger partial charge on any atom is 0.293 e. The molecule has 0 aliphatic carbocycles. The minimum absolute atomic E-state index is 0.00875. The number of aromatic nitrogens is 2. The molecule has 6 heteroatoms. The van der Waals surface area contributed by atoms with Crippen LogP contribution in [0.15, 0.2) is 21.1 Å². The highest BCUT2D eigenvalue weighted by atomic mass is 16.5. The standard InChI is InChI=1S/C9H11N3O3/c10-5-6-1-2-7(14-6)9-11-8(3-4-13)12-15-9/h1-2,13H,3-5,10H2. The third kappa shape index (κ3) is 2.05. The number of hydrogen-bond acceptors (Lipinski definition) is 6. The fourth-order valence-electron chi connectivity index (χ4n) is 1.16. The highest BCUT2D eigenvalue weighted by molar-refractivity contribution is 5.44. The summed E-state index contributed by atoms with van der Waals surface area (Å²) >= 11 is 0. The zero-order valence-corrected chi connectivity index (χ0v) is 8.01. The van der Waals surface area contributed by atoms with Gasteiger partial charge in [-0.25, -0.2) is 0 Å². The van der Waals surface area contributed by atoms with Crippen LogP contribution in [0.25, 0.3) is 11.7 Å². The Bertz CT molecular complexity index is 435. The van der Waals surface area contributed by atoms with Gasteiger partial charge in [0.1, 0.15) is 5.76 Å². The molecule has 0 unspecified atom stereocenters. The van der Waals surface area contributed by atoms with Gasteiger partial charge in [0, 0.05) is 6.42 Å². The maximum absolute atomic E-state index is 8.68. The van der Waals surface area contributed by atoms with Crippen molar-refractivity contribution in [3.63, 3.8) is 0 Å². The molecule has 0 atom stereocenters. The molecule has 2 aromatic heterocycles. The van der Waals surface area contributed by atoms with Gasteiger partial charge in [0.05, 0.1) is 13.2 Å². The van der Waals surface area contributed by atoms with E-state index in [0.717, 1.165) is 0 Å². The minimum Gasteiger partial charge on any atom is -0.455 e. The van der Waals surface area contributed by atoms with Crippen LogP contribution in [0.2, 0.25) is 0 Å². The lowest BCUT2D eigenvalue weighted by molar-refractivity contribution is 0.293. The molecule has 15 heavy (non-hydrogen) atoms. The van der Waals surface area contributed by atoms with Crippen LogP contribution in [0.4, 0.5) is 0 Å². The van der Waals surface area contributed by atoms with E-state index < -0.39 is 0 Å². The number of furan rings is 1. The fourth-order valence-corrected chi connectivity index (χ4v) is 1.16. The number of aliphatic hydroxyl groups is 1. The molecule has 0 aromatic carbocycles. The second-order valence-electron chi connectivity index (χ2n) is 2.96. The lowest BCUT2D eigenvalue weighted by Gasteiger charge is -1.87. The van der Waals surface area contributed by atoms with Gasteiger partial charge in [0.25, 0.3) is 5.89 Å². The summed E-state index contributed by atoms with van der Waals surface area (Å²) in [5.74, 6) is 1.91. The summed E-state index contributed by atoms with van der Waals surface area (Å²) in [7, 11) is 0.